The highest BCUT2D eigenvalue weighted by Gasteiger charge is 2.14. The van der Waals surface area contributed by atoms with Gasteiger partial charge in [-0.3, -0.25) is 0 Å². The Kier molecular flexibility index (Phi) is 4.74. The molecule has 0 saturated carbocycles. The molecule has 2 aromatic carbocycles. The molecular formula is C18H20N2O4. The van der Waals surface area contributed by atoms with Crippen LogP contribution in [0, 0.1) is 0 Å². The minimum absolute atomic E-state index is 0.0321. The first-order valence-electron chi connectivity index (χ1n) is 7.81. The maximum atomic E-state index is 12.1. The zero-order valence-corrected chi connectivity index (χ0v) is 13.7. The summed E-state index contributed by atoms with van der Waals surface area (Å²) in [5.74, 6) is 2.07. The lowest BCUT2D eigenvalue weighted by Gasteiger charge is -2.15. The van der Waals surface area contributed by atoms with Crippen molar-refractivity contribution in [3.05, 3.63) is 48.0 Å². The minimum atomic E-state index is -0.299. The number of urea groups is 1. The third-order valence-electron chi connectivity index (χ3n) is 3.39. The Bertz CT molecular complexity index is 731. The predicted octanol–water partition coefficient (Wildman–Crippen LogP) is 3.52. The molecule has 0 unspecified atom stereocenters. The van der Waals surface area contributed by atoms with E-state index in [2.05, 4.69) is 10.6 Å². The van der Waals surface area contributed by atoms with Crippen LogP contribution in [-0.2, 0) is 6.54 Å². The largest absolute Gasteiger partial charge is 0.489 e. The van der Waals surface area contributed by atoms with Gasteiger partial charge in [-0.25, -0.2) is 4.79 Å². The summed E-state index contributed by atoms with van der Waals surface area (Å²) >= 11 is 0. The SMILES string of the molecule is CC(C)Oc1ccccc1NC(=O)NCc1ccc2c(c1)OCO2. The van der Waals surface area contributed by atoms with Crippen molar-refractivity contribution in [2.24, 2.45) is 0 Å². The van der Waals surface area contributed by atoms with Gasteiger partial charge in [0.25, 0.3) is 0 Å². The Hall–Kier alpha value is -2.89. The van der Waals surface area contributed by atoms with Gasteiger partial charge >= 0.3 is 6.03 Å². The van der Waals surface area contributed by atoms with Crippen molar-refractivity contribution >= 4 is 11.7 Å². The van der Waals surface area contributed by atoms with Crippen LogP contribution in [0.15, 0.2) is 42.5 Å². The van der Waals surface area contributed by atoms with Crippen molar-refractivity contribution in [3.63, 3.8) is 0 Å². The molecule has 0 fully saturated rings. The van der Waals surface area contributed by atoms with Crippen molar-refractivity contribution in [3.8, 4) is 17.2 Å². The van der Waals surface area contributed by atoms with E-state index in [-0.39, 0.29) is 18.9 Å². The molecule has 1 aliphatic heterocycles. The summed E-state index contributed by atoms with van der Waals surface area (Å²) in [5, 5.41) is 5.62. The first-order valence-corrected chi connectivity index (χ1v) is 7.81. The standard InChI is InChI=1S/C18H20N2O4/c1-12(2)24-15-6-4-3-5-14(15)20-18(21)19-10-13-7-8-16-17(9-13)23-11-22-16/h3-9,12H,10-11H2,1-2H3,(H2,19,20,21). The van der Waals surface area contributed by atoms with Gasteiger partial charge in [0, 0.05) is 6.54 Å². The van der Waals surface area contributed by atoms with Crippen LogP contribution in [0.1, 0.15) is 19.4 Å². The lowest BCUT2D eigenvalue weighted by molar-refractivity contribution is 0.174. The third kappa shape index (κ3) is 3.90. The number of nitrogens with one attached hydrogen (secondary N) is 2. The number of para-hydroxylation sites is 2. The van der Waals surface area contributed by atoms with Crippen LogP contribution in [-0.4, -0.2) is 18.9 Å². The molecule has 2 amide bonds. The number of carbonyl (C=O) groups is 1. The Morgan fingerprint density at radius 1 is 1.17 bits per heavy atom. The molecule has 3 rings (SSSR count). The second-order valence-electron chi connectivity index (χ2n) is 5.66. The van der Waals surface area contributed by atoms with Crippen molar-refractivity contribution < 1.29 is 19.0 Å². The Morgan fingerprint density at radius 3 is 2.79 bits per heavy atom. The second-order valence-corrected chi connectivity index (χ2v) is 5.66. The molecule has 0 bridgehead atoms. The molecular weight excluding hydrogens is 308 g/mol. The fourth-order valence-corrected chi connectivity index (χ4v) is 2.33. The summed E-state index contributed by atoms with van der Waals surface area (Å²) in [7, 11) is 0. The Labute approximate surface area is 140 Å². The maximum absolute atomic E-state index is 12.1. The maximum Gasteiger partial charge on any atom is 0.319 e. The van der Waals surface area contributed by atoms with Gasteiger partial charge in [-0.1, -0.05) is 18.2 Å². The molecule has 2 N–H and O–H groups in total. The topological polar surface area (TPSA) is 68.8 Å². The lowest BCUT2D eigenvalue weighted by atomic mass is 10.2. The molecule has 24 heavy (non-hydrogen) atoms. The number of fused-ring (bicyclic) bond motifs is 1. The molecule has 6 nitrogen and oxygen atoms in total. The number of ether oxygens (including phenoxy) is 3. The highest BCUT2D eigenvalue weighted by Crippen LogP contribution is 2.32. The number of rotatable bonds is 5. The third-order valence-corrected chi connectivity index (χ3v) is 3.39. The minimum Gasteiger partial charge on any atom is -0.489 e. The van der Waals surface area contributed by atoms with Crippen molar-refractivity contribution in [1.82, 2.24) is 5.32 Å². The summed E-state index contributed by atoms with van der Waals surface area (Å²) in [4.78, 5) is 12.1. The van der Waals surface area contributed by atoms with Gasteiger partial charge in [0.15, 0.2) is 11.5 Å². The zero-order chi connectivity index (χ0) is 16.9. The molecule has 1 aliphatic rings. The molecule has 1 heterocycles. The molecule has 0 spiro atoms. The first kappa shape index (κ1) is 16.0. The van der Waals surface area contributed by atoms with Crippen LogP contribution < -0.4 is 24.8 Å². The first-order chi connectivity index (χ1) is 11.6. The van der Waals surface area contributed by atoms with Crippen LogP contribution in [0.5, 0.6) is 17.2 Å². The van der Waals surface area contributed by atoms with Gasteiger partial charge < -0.3 is 24.8 Å². The second kappa shape index (κ2) is 7.12. The van der Waals surface area contributed by atoms with Gasteiger partial charge in [0.1, 0.15) is 5.75 Å². The van der Waals surface area contributed by atoms with Gasteiger partial charge in [-0.2, -0.15) is 0 Å². The number of benzene rings is 2. The number of hydrogen-bond acceptors (Lipinski definition) is 4. The summed E-state index contributed by atoms with van der Waals surface area (Å²) in [5.41, 5.74) is 1.57. The van der Waals surface area contributed by atoms with Gasteiger partial charge in [-0.15, -0.1) is 0 Å². The summed E-state index contributed by atoms with van der Waals surface area (Å²) in [6.45, 7) is 4.50. The van der Waals surface area contributed by atoms with E-state index in [4.69, 9.17) is 14.2 Å². The lowest BCUT2D eigenvalue weighted by Crippen LogP contribution is -2.28. The molecule has 0 aromatic heterocycles. The van der Waals surface area contributed by atoms with Crippen LogP contribution in [0.25, 0.3) is 0 Å². The molecule has 6 heteroatoms. The predicted molar refractivity (Wildman–Crippen MR) is 90.6 cm³/mol. The van der Waals surface area contributed by atoms with E-state index in [1.54, 1.807) is 6.07 Å². The molecule has 2 aromatic rings. The van der Waals surface area contributed by atoms with Crippen LogP contribution >= 0.6 is 0 Å². The van der Waals surface area contributed by atoms with E-state index in [1.165, 1.54) is 0 Å². The van der Waals surface area contributed by atoms with Gasteiger partial charge in [0.2, 0.25) is 6.79 Å². The average Bonchev–Trinajstić information content (AvgIpc) is 3.02. The zero-order valence-electron chi connectivity index (χ0n) is 13.7. The molecule has 126 valence electrons. The molecule has 0 atom stereocenters. The van der Waals surface area contributed by atoms with E-state index >= 15 is 0 Å². The monoisotopic (exact) mass is 328 g/mol. The Morgan fingerprint density at radius 2 is 1.96 bits per heavy atom. The number of amides is 2. The fraction of sp³-hybridized carbons (Fsp3) is 0.278. The molecule has 0 radical (unpaired) electrons. The van der Waals surface area contributed by atoms with E-state index in [0.29, 0.717) is 23.7 Å². The quantitative estimate of drug-likeness (QED) is 0.881. The van der Waals surface area contributed by atoms with Crippen LogP contribution in [0.4, 0.5) is 10.5 Å². The highest BCUT2D eigenvalue weighted by molar-refractivity contribution is 5.90. The molecule has 0 aliphatic carbocycles. The van der Waals surface area contributed by atoms with E-state index < -0.39 is 0 Å². The molecule has 0 saturated heterocycles. The number of anilines is 1. The number of carbonyl (C=O) groups excluding carboxylic acids is 1. The number of hydrogen-bond donors (Lipinski definition) is 2. The van der Waals surface area contributed by atoms with Crippen molar-refractivity contribution in [2.45, 2.75) is 26.5 Å². The van der Waals surface area contributed by atoms with Crippen LogP contribution in [0.2, 0.25) is 0 Å². The fourth-order valence-electron chi connectivity index (χ4n) is 2.33. The summed E-state index contributed by atoms with van der Waals surface area (Å²) in [6, 6.07) is 12.6. The normalized spacial score (nSPS) is 12.1. The van der Waals surface area contributed by atoms with E-state index in [0.717, 1.165) is 11.3 Å². The smallest absolute Gasteiger partial charge is 0.319 e. The Balaban J connectivity index is 1.58. The average molecular weight is 328 g/mol. The highest BCUT2D eigenvalue weighted by atomic mass is 16.7. The van der Waals surface area contributed by atoms with Gasteiger partial charge in [0.05, 0.1) is 11.8 Å². The van der Waals surface area contributed by atoms with Crippen molar-refractivity contribution in [2.75, 3.05) is 12.1 Å². The van der Waals surface area contributed by atoms with Gasteiger partial charge in [-0.05, 0) is 43.7 Å². The van der Waals surface area contributed by atoms with E-state index in [1.807, 2.05) is 50.2 Å². The van der Waals surface area contributed by atoms with E-state index in [9.17, 15) is 4.79 Å². The summed E-state index contributed by atoms with van der Waals surface area (Å²) in [6.07, 6.45) is 0.0321. The van der Waals surface area contributed by atoms with Crippen LogP contribution in [0.3, 0.4) is 0 Å². The van der Waals surface area contributed by atoms with Crippen molar-refractivity contribution in [1.29, 1.82) is 0 Å². The summed E-state index contributed by atoms with van der Waals surface area (Å²) < 4.78 is 16.3.